The van der Waals surface area contributed by atoms with Crippen molar-refractivity contribution in [3.63, 3.8) is 0 Å². The van der Waals surface area contributed by atoms with Gasteiger partial charge in [-0.3, -0.25) is 9.59 Å². The molecule has 0 aromatic heterocycles. The highest BCUT2D eigenvalue weighted by atomic mass is 16.3. The third-order valence-corrected chi connectivity index (χ3v) is 4.34. The molecule has 0 saturated carbocycles. The minimum atomic E-state index is -0.624. The first-order valence-corrected chi connectivity index (χ1v) is 8.29. The van der Waals surface area contributed by atoms with Crippen molar-refractivity contribution in [1.82, 2.24) is 4.90 Å². The molecular weight excluding hydrogens is 292 g/mol. The lowest BCUT2D eigenvalue weighted by molar-refractivity contribution is -0.136. The molecular formula is C18H26N2O3. The van der Waals surface area contributed by atoms with Crippen molar-refractivity contribution in [1.29, 1.82) is 0 Å². The number of hydrogen-bond donors (Lipinski definition) is 2. The summed E-state index contributed by atoms with van der Waals surface area (Å²) in [6, 6.07) is 9.35. The van der Waals surface area contributed by atoms with Crippen LogP contribution in [-0.2, 0) is 9.59 Å². The van der Waals surface area contributed by atoms with Crippen LogP contribution in [0.25, 0.3) is 0 Å². The number of nitrogens with one attached hydrogen (secondary N) is 1. The van der Waals surface area contributed by atoms with Crippen LogP contribution in [0.2, 0.25) is 0 Å². The Kier molecular flexibility index (Phi) is 6.16. The summed E-state index contributed by atoms with van der Waals surface area (Å²) < 4.78 is 0. The molecule has 5 heteroatoms. The Morgan fingerprint density at radius 3 is 2.65 bits per heavy atom. The molecule has 2 unspecified atom stereocenters. The summed E-state index contributed by atoms with van der Waals surface area (Å²) >= 11 is 0. The van der Waals surface area contributed by atoms with Crippen molar-refractivity contribution < 1.29 is 14.7 Å². The number of para-hydroxylation sites is 1. The van der Waals surface area contributed by atoms with Gasteiger partial charge in [0.15, 0.2) is 0 Å². The molecule has 0 aliphatic carbocycles. The number of anilines is 1. The fourth-order valence-corrected chi connectivity index (χ4v) is 2.73. The number of aliphatic hydroxyl groups excluding tert-OH is 1. The zero-order valence-electron chi connectivity index (χ0n) is 13.9. The second-order valence-electron chi connectivity index (χ2n) is 6.55. The number of amides is 2. The van der Waals surface area contributed by atoms with Crippen LogP contribution in [0.15, 0.2) is 30.3 Å². The number of benzene rings is 1. The van der Waals surface area contributed by atoms with E-state index in [0.29, 0.717) is 13.1 Å². The SMILES string of the molecule is CC(C)C(O)CC(=O)N1CCCC(C(=O)Nc2ccccc2)C1. The first-order valence-electron chi connectivity index (χ1n) is 8.29. The summed E-state index contributed by atoms with van der Waals surface area (Å²) in [7, 11) is 0. The average Bonchev–Trinajstić information content (AvgIpc) is 2.55. The van der Waals surface area contributed by atoms with Gasteiger partial charge in [-0.2, -0.15) is 0 Å². The van der Waals surface area contributed by atoms with Gasteiger partial charge in [-0.15, -0.1) is 0 Å². The Morgan fingerprint density at radius 2 is 2.00 bits per heavy atom. The van der Waals surface area contributed by atoms with E-state index < -0.39 is 6.10 Å². The summed E-state index contributed by atoms with van der Waals surface area (Å²) in [5.41, 5.74) is 0.774. The van der Waals surface area contributed by atoms with Gasteiger partial charge in [-0.05, 0) is 30.9 Å². The van der Waals surface area contributed by atoms with E-state index in [2.05, 4.69) is 5.32 Å². The second kappa shape index (κ2) is 8.11. The number of carbonyl (C=O) groups is 2. The Bertz CT molecular complexity index is 530. The maximum Gasteiger partial charge on any atom is 0.229 e. The number of aliphatic hydroxyl groups is 1. The van der Waals surface area contributed by atoms with E-state index in [-0.39, 0.29) is 30.1 Å². The van der Waals surface area contributed by atoms with Crippen LogP contribution < -0.4 is 5.32 Å². The largest absolute Gasteiger partial charge is 0.392 e. The first-order chi connectivity index (χ1) is 11.0. The van der Waals surface area contributed by atoms with E-state index in [9.17, 15) is 14.7 Å². The van der Waals surface area contributed by atoms with Crippen LogP contribution in [0.5, 0.6) is 0 Å². The van der Waals surface area contributed by atoms with Crippen LogP contribution in [0, 0.1) is 11.8 Å². The molecule has 1 aromatic carbocycles. The second-order valence-corrected chi connectivity index (χ2v) is 6.55. The molecule has 1 aromatic rings. The van der Waals surface area contributed by atoms with Crippen molar-refractivity contribution in [2.45, 2.75) is 39.2 Å². The molecule has 126 valence electrons. The lowest BCUT2D eigenvalue weighted by Gasteiger charge is -2.33. The number of piperidine rings is 1. The average molecular weight is 318 g/mol. The zero-order chi connectivity index (χ0) is 16.8. The molecule has 1 aliphatic heterocycles. The summed E-state index contributed by atoms with van der Waals surface area (Å²) in [6.07, 6.45) is 1.11. The Hall–Kier alpha value is -1.88. The van der Waals surface area contributed by atoms with Crippen molar-refractivity contribution in [2.24, 2.45) is 11.8 Å². The van der Waals surface area contributed by atoms with Gasteiger partial charge >= 0.3 is 0 Å². The number of hydrogen-bond acceptors (Lipinski definition) is 3. The van der Waals surface area contributed by atoms with Crippen LogP contribution in [-0.4, -0.2) is 41.0 Å². The van der Waals surface area contributed by atoms with Gasteiger partial charge < -0.3 is 15.3 Å². The van der Waals surface area contributed by atoms with Gasteiger partial charge in [0, 0.05) is 18.8 Å². The number of rotatable bonds is 5. The van der Waals surface area contributed by atoms with Crippen LogP contribution in [0.3, 0.4) is 0 Å². The Morgan fingerprint density at radius 1 is 1.30 bits per heavy atom. The van der Waals surface area contributed by atoms with E-state index in [0.717, 1.165) is 18.5 Å². The molecule has 1 aliphatic rings. The topological polar surface area (TPSA) is 69.6 Å². The predicted molar refractivity (Wildman–Crippen MR) is 89.8 cm³/mol. The third kappa shape index (κ3) is 5.06. The van der Waals surface area contributed by atoms with Gasteiger partial charge in [-0.25, -0.2) is 0 Å². The highest BCUT2D eigenvalue weighted by molar-refractivity contribution is 5.93. The number of nitrogens with zero attached hydrogens (tertiary/aromatic N) is 1. The first kappa shape index (κ1) is 17.5. The Labute approximate surface area is 137 Å². The molecule has 2 atom stereocenters. The molecule has 1 fully saturated rings. The van der Waals surface area contributed by atoms with Crippen molar-refractivity contribution >= 4 is 17.5 Å². The standard InChI is InChI=1S/C18H26N2O3/c1-13(2)16(21)11-17(22)20-10-6-7-14(12-20)18(23)19-15-8-4-3-5-9-15/h3-5,8-9,13-14,16,21H,6-7,10-12H2,1-2H3,(H,19,23). The zero-order valence-corrected chi connectivity index (χ0v) is 13.9. The third-order valence-electron chi connectivity index (χ3n) is 4.34. The molecule has 2 N–H and O–H groups in total. The molecule has 23 heavy (non-hydrogen) atoms. The van der Waals surface area contributed by atoms with Crippen molar-refractivity contribution in [2.75, 3.05) is 18.4 Å². The summed E-state index contributed by atoms with van der Waals surface area (Å²) in [4.78, 5) is 26.4. The minimum Gasteiger partial charge on any atom is -0.392 e. The predicted octanol–water partition coefficient (Wildman–Crippen LogP) is 2.27. The maximum absolute atomic E-state index is 12.4. The van der Waals surface area contributed by atoms with Crippen LogP contribution in [0.4, 0.5) is 5.69 Å². The summed E-state index contributed by atoms with van der Waals surface area (Å²) in [6.45, 7) is 4.88. The molecule has 0 spiro atoms. The quantitative estimate of drug-likeness (QED) is 0.875. The lowest BCUT2D eigenvalue weighted by atomic mass is 9.96. The number of carbonyl (C=O) groups excluding carboxylic acids is 2. The monoisotopic (exact) mass is 318 g/mol. The van der Waals surface area contributed by atoms with Crippen LogP contribution in [0.1, 0.15) is 33.1 Å². The molecule has 1 saturated heterocycles. The molecule has 0 radical (unpaired) electrons. The summed E-state index contributed by atoms with van der Waals surface area (Å²) in [5.74, 6) is -0.244. The Balaban J connectivity index is 1.90. The fourth-order valence-electron chi connectivity index (χ4n) is 2.73. The maximum atomic E-state index is 12.4. The highest BCUT2D eigenvalue weighted by Gasteiger charge is 2.29. The minimum absolute atomic E-state index is 0.0434. The van der Waals surface area contributed by atoms with Gasteiger partial charge in [0.1, 0.15) is 0 Å². The lowest BCUT2D eigenvalue weighted by Crippen LogP contribution is -2.44. The van der Waals surface area contributed by atoms with Gasteiger partial charge in [0.25, 0.3) is 0 Å². The van der Waals surface area contributed by atoms with Crippen molar-refractivity contribution in [3.05, 3.63) is 30.3 Å². The van der Waals surface area contributed by atoms with Gasteiger partial charge in [-0.1, -0.05) is 32.0 Å². The highest BCUT2D eigenvalue weighted by Crippen LogP contribution is 2.20. The smallest absolute Gasteiger partial charge is 0.229 e. The van der Waals surface area contributed by atoms with Crippen LogP contribution >= 0.6 is 0 Å². The van der Waals surface area contributed by atoms with E-state index >= 15 is 0 Å². The van der Waals surface area contributed by atoms with E-state index in [4.69, 9.17) is 0 Å². The van der Waals surface area contributed by atoms with Gasteiger partial charge in [0.2, 0.25) is 11.8 Å². The molecule has 2 rings (SSSR count). The van der Waals surface area contributed by atoms with E-state index in [1.54, 1.807) is 4.90 Å². The van der Waals surface area contributed by atoms with Gasteiger partial charge in [0.05, 0.1) is 18.4 Å². The molecule has 0 bridgehead atoms. The summed E-state index contributed by atoms with van der Waals surface area (Å²) in [5, 5.41) is 12.8. The number of likely N-dealkylation sites (tertiary alicyclic amines) is 1. The normalized spacial score (nSPS) is 19.5. The van der Waals surface area contributed by atoms with E-state index in [1.165, 1.54) is 0 Å². The molecule has 5 nitrogen and oxygen atoms in total. The van der Waals surface area contributed by atoms with Crippen molar-refractivity contribution in [3.8, 4) is 0 Å². The fraction of sp³-hybridized carbons (Fsp3) is 0.556. The van der Waals surface area contributed by atoms with E-state index in [1.807, 2.05) is 44.2 Å². The molecule has 2 amide bonds. The molecule has 1 heterocycles.